The molecule has 4 heterocycles. The van der Waals surface area contributed by atoms with Crippen molar-refractivity contribution in [1.29, 1.82) is 0 Å². The molecule has 2 amide bonds. The van der Waals surface area contributed by atoms with E-state index in [0.717, 1.165) is 11.3 Å². The largest absolute Gasteiger partial charge is 0.467 e. The van der Waals surface area contributed by atoms with Crippen molar-refractivity contribution >= 4 is 23.0 Å². The van der Waals surface area contributed by atoms with Crippen LogP contribution in [0.4, 0.5) is 4.79 Å². The van der Waals surface area contributed by atoms with E-state index in [1.165, 1.54) is 0 Å². The number of pyridine rings is 1. The summed E-state index contributed by atoms with van der Waals surface area (Å²) in [6.45, 7) is 3.65. The van der Waals surface area contributed by atoms with Crippen LogP contribution in [-0.4, -0.2) is 57.4 Å². The first kappa shape index (κ1) is 22.6. The Morgan fingerprint density at radius 3 is 2.66 bits per heavy atom. The molecule has 1 saturated heterocycles. The monoisotopic (exact) mass is 473 g/mol. The number of nitrogens with zero attached hydrogens (tertiary/aromatic N) is 4. The highest BCUT2D eigenvalue weighted by molar-refractivity contribution is 6.06. The first-order valence-electron chi connectivity index (χ1n) is 11.8. The number of carbonyl (C=O) groups is 2. The van der Waals surface area contributed by atoms with Crippen molar-refractivity contribution in [2.75, 3.05) is 19.7 Å². The van der Waals surface area contributed by atoms with Gasteiger partial charge in [-0.2, -0.15) is 5.10 Å². The molecule has 9 nitrogen and oxygen atoms in total. The lowest BCUT2D eigenvalue weighted by Crippen LogP contribution is -2.46. The number of nitrogens with one attached hydrogen (secondary N) is 1. The minimum absolute atomic E-state index is 0.0327. The van der Waals surface area contributed by atoms with E-state index in [4.69, 9.17) is 14.1 Å². The third kappa shape index (κ3) is 4.89. The van der Waals surface area contributed by atoms with Gasteiger partial charge in [-0.25, -0.2) is 14.5 Å². The quantitative estimate of drug-likeness (QED) is 0.453. The van der Waals surface area contributed by atoms with E-state index in [1.54, 1.807) is 29.0 Å². The minimum Gasteiger partial charge on any atom is -0.467 e. The van der Waals surface area contributed by atoms with Gasteiger partial charge in [-0.3, -0.25) is 4.79 Å². The molecular formula is C26H27N5O4. The first-order valence-corrected chi connectivity index (χ1v) is 11.8. The average molecular weight is 474 g/mol. The number of ether oxygens (including phenoxy) is 1. The predicted molar refractivity (Wildman–Crippen MR) is 130 cm³/mol. The topological polar surface area (TPSA) is 102 Å². The Hall–Kier alpha value is -4.14. The van der Waals surface area contributed by atoms with Gasteiger partial charge in [0.2, 0.25) is 0 Å². The number of rotatable bonds is 6. The number of hydrogen-bond acceptors (Lipinski definition) is 6. The second-order valence-corrected chi connectivity index (χ2v) is 8.47. The average Bonchev–Trinajstić information content (AvgIpc) is 3.55. The molecule has 1 N–H and O–H groups in total. The second kappa shape index (κ2) is 10.0. The van der Waals surface area contributed by atoms with Crippen LogP contribution in [0, 0.1) is 0 Å². The van der Waals surface area contributed by atoms with E-state index < -0.39 is 0 Å². The molecule has 1 aliphatic rings. The van der Waals surface area contributed by atoms with Gasteiger partial charge in [0.1, 0.15) is 12.3 Å². The third-order valence-electron chi connectivity index (χ3n) is 6.17. The van der Waals surface area contributed by atoms with Crippen molar-refractivity contribution in [3.05, 3.63) is 72.3 Å². The summed E-state index contributed by atoms with van der Waals surface area (Å²) < 4.78 is 12.3. The van der Waals surface area contributed by atoms with Crippen LogP contribution >= 0.6 is 0 Å². The fraction of sp³-hybridized carbons (Fsp3) is 0.308. The Labute approximate surface area is 202 Å². The molecule has 0 unspecified atom stereocenters. The summed E-state index contributed by atoms with van der Waals surface area (Å²) in [6, 6.07) is 15.3. The van der Waals surface area contributed by atoms with Gasteiger partial charge in [-0.05, 0) is 38.0 Å². The van der Waals surface area contributed by atoms with Crippen molar-refractivity contribution in [3.63, 3.8) is 0 Å². The molecule has 0 bridgehead atoms. The number of furan rings is 1. The number of benzene rings is 1. The zero-order valence-electron chi connectivity index (χ0n) is 19.5. The lowest BCUT2D eigenvalue weighted by molar-refractivity contribution is 0.0861. The van der Waals surface area contributed by atoms with Crippen LogP contribution in [0.3, 0.4) is 0 Å². The number of piperidine rings is 1. The lowest BCUT2D eigenvalue weighted by atomic mass is 10.0. The minimum atomic E-state index is -0.301. The van der Waals surface area contributed by atoms with Crippen molar-refractivity contribution in [3.8, 4) is 11.3 Å². The van der Waals surface area contributed by atoms with Gasteiger partial charge < -0.3 is 19.4 Å². The summed E-state index contributed by atoms with van der Waals surface area (Å²) in [4.78, 5) is 32.0. The number of fused-ring (bicyclic) bond motifs is 1. The molecule has 35 heavy (non-hydrogen) atoms. The van der Waals surface area contributed by atoms with Crippen LogP contribution < -0.4 is 5.32 Å². The van der Waals surface area contributed by atoms with E-state index in [1.807, 2.05) is 48.5 Å². The normalized spacial score (nSPS) is 14.3. The molecule has 180 valence electrons. The number of aromatic nitrogens is 3. The van der Waals surface area contributed by atoms with Gasteiger partial charge in [-0.1, -0.05) is 30.3 Å². The van der Waals surface area contributed by atoms with Crippen LogP contribution in [-0.2, 0) is 11.3 Å². The van der Waals surface area contributed by atoms with Crippen molar-refractivity contribution in [1.82, 2.24) is 25.0 Å². The van der Waals surface area contributed by atoms with Crippen molar-refractivity contribution < 1.29 is 18.7 Å². The highest BCUT2D eigenvalue weighted by Gasteiger charge is 2.26. The predicted octanol–water partition coefficient (Wildman–Crippen LogP) is 4.09. The second-order valence-electron chi connectivity index (χ2n) is 8.47. The van der Waals surface area contributed by atoms with E-state index in [0.29, 0.717) is 61.4 Å². The lowest BCUT2D eigenvalue weighted by Gasteiger charge is -2.31. The summed E-state index contributed by atoms with van der Waals surface area (Å²) in [6.07, 6.45) is 4.34. The SMILES string of the molecule is CCOC(=O)N1CCC(NC(=O)c2cc(-c3ccccc3)nc3c2cnn3Cc2ccco2)CC1. The van der Waals surface area contributed by atoms with Crippen LogP contribution in [0.5, 0.6) is 0 Å². The Morgan fingerprint density at radius 2 is 1.94 bits per heavy atom. The van der Waals surface area contributed by atoms with Crippen LogP contribution in [0.2, 0.25) is 0 Å². The molecule has 0 spiro atoms. The molecule has 0 saturated carbocycles. The maximum atomic E-state index is 13.5. The molecule has 4 aromatic rings. The standard InChI is InChI=1S/C26H27N5O4/c1-2-34-26(33)30-12-10-19(11-13-30)28-25(32)21-15-23(18-7-4-3-5-8-18)29-24-22(21)16-27-31(24)17-20-9-6-14-35-20/h3-9,14-16,19H,2,10-13,17H2,1H3,(H,28,32). The molecule has 5 rings (SSSR count). The number of hydrogen-bond donors (Lipinski definition) is 1. The molecule has 0 radical (unpaired) electrons. The highest BCUT2D eigenvalue weighted by Crippen LogP contribution is 2.26. The summed E-state index contributed by atoms with van der Waals surface area (Å²) in [5.41, 5.74) is 2.75. The molecule has 0 aliphatic carbocycles. The molecule has 1 aromatic carbocycles. The smallest absolute Gasteiger partial charge is 0.409 e. The summed E-state index contributed by atoms with van der Waals surface area (Å²) in [5.74, 6) is 0.572. The zero-order chi connectivity index (χ0) is 24.2. The number of likely N-dealkylation sites (tertiary alicyclic amines) is 1. The van der Waals surface area contributed by atoms with E-state index in [9.17, 15) is 9.59 Å². The number of amides is 2. The maximum Gasteiger partial charge on any atom is 0.409 e. The molecule has 9 heteroatoms. The summed E-state index contributed by atoms with van der Waals surface area (Å²) >= 11 is 0. The Balaban J connectivity index is 1.42. The van der Waals surface area contributed by atoms with Crippen LogP contribution in [0.15, 0.2) is 65.4 Å². The fourth-order valence-electron chi connectivity index (χ4n) is 4.34. The van der Waals surface area contributed by atoms with Crippen molar-refractivity contribution in [2.45, 2.75) is 32.4 Å². The van der Waals surface area contributed by atoms with Gasteiger partial charge in [0, 0.05) is 24.7 Å². The summed E-state index contributed by atoms with van der Waals surface area (Å²) in [5, 5.41) is 8.33. The first-order chi connectivity index (χ1) is 17.1. The van der Waals surface area contributed by atoms with Crippen LogP contribution in [0.1, 0.15) is 35.9 Å². The van der Waals surface area contributed by atoms with Gasteiger partial charge in [0.15, 0.2) is 5.65 Å². The highest BCUT2D eigenvalue weighted by atomic mass is 16.6. The van der Waals surface area contributed by atoms with Gasteiger partial charge in [0.25, 0.3) is 5.91 Å². The third-order valence-corrected chi connectivity index (χ3v) is 6.17. The summed E-state index contributed by atoms with van der Waals surface area (Å²) in [7, 11) is 0. The molecule has 1 fully saturated rings. The van der Waals surface area contributed by atoms with Crippen molar-refractivity contribution in [2.24, 2.45) is 0 Å². The van der Waals surface area contributed by atoms with Gasteiger partial charge in [0.05, 0.1) is 35.7 Å². The molecule has 1 aliphatic heterocycles. The maximum absolute atomic E-state index is 13.5. The molecule has 0 atom stereocenters. The van der Waals surface area contributed by atoms with E-state index in [2.05, 4.69) is 10.4 Å². The molecule has 3 aromatic heterocycles. The Kier molecular flexibility index (Phi) is 6.47. The zero-order valence-corrected chi connectivity index (χ0v) is 19.5. The van der Waals surface area contributed by atoms with Gasteiger partial charge in [-0.15, -0.1) is 0 Å². The number of carbonyl (C=O) groups excluding carboxylic acids is 2. The van der Waals surface area contributed by atoms with Gasteiger partial charge >= 0.3 is 6.09 Å². The Bertz CT molecular complexity index is 1310. The van der Waals surface area contributed by atoms with Crippen LogP contribution in [0.25, 0.3) is 22.3 Å². The Morgan fingerprint density at radius 1 is 1.14 bits per heavy atom. The van der Waals surface area contributed by atoms with E-state index in [-0.39, 0.29) is 18.0 Å². The molecular weight excluding hydrogens is 446 g/mol. The fourth-order valence-corrected chi connectivity index (χ4v) is 4.34. The van der Waals surface area contributed by atoms with E-state index >= 15 is 0 Å².